The summed E-state index contributed by atoms with van der Waals surface area (Å²) in [6.45, 7) is 3.97. The molecule has 0 aliphatic rings. The van der Waals surface area contributed by atoms with E-state index >= 15 is 0 Å². The zero-order chi connectivity index (χ0) is 18.7. The second-order valence-corrected chi connectivity index (χ2v) is 7.71. The van der Waals surface area contributed by atoms with Crippen molar-refractivity contribution >= 4 is 74.7 Å². The molecule has 0 saturated carbocycles. The van der Waals surface area contributed by atoms with Crippen LogP contribution in [0, 0.1) is 17.4 Å². The molecule has 8 heteroatoms. The Bertz CT molecular complexity index is 859. The summed E-state index contributed by atoms with van der Waals surface area (Å²) in [5.41, 5.74) is 3.18. The van der Waals surface area contributed by atoms with Gasteiger partial charge in [-0.25, -0.2) is 0 Å². The molecular formula is C17H15Cl2IN2O2S. The van der Waals surface area contributed by atoms with Crippen molar-refractivity contribution in [3.63, 3.8) is 0 Å². The number of benzene rings is 2. The lowest BCUT2D eigenvalue weighted by atomic mass is 10.1. The number of aryl methyl sites for hydroxylation is 2. The number of thiocarbonyl (C=S) groups is 1. The van der Waals surface area contributed by atoms with Gasteiger partial charge in [0.15, 0.2) is 5.11 Å². The maximum absolute atomic E-state index is 12.5. The zero-order valence-electron chi connectivity index (χ0n) is 13.7. The summed E-state index contributed by atoms with van der Waals surface area (Å²) in [6.07, 6.45) is 0. The van der Waals surface area contributed by atoms with Crippen LogP contribution in [0.25, 0.3) is 0 Å². The van der Waals surface area contributed by atoms with Crippen molar-refractivity contribution in [2.45, 2.75) is 13.8 Å². The normalized spacial score (nSPS) is 10.3. The van der Waals surface area contributed by atoms with Gasteiger partial charge in [-0.3, -0.25) is 10.1 Å². The molecule has 0 spiro atoms. The van der Waals surface area contributed by atoms with Crippen LogP contribution in [-0.4, -0.2) is 18.1 Å². The molecule has 0 aromatic heterocycles. The Balaban J connectivity index is 2.19. The van der Waals surface area contributed by atoms with Gasteiger partial charge in [0.05, 0.1) is 17.7 Å². The average Bonchev–Trinajstić information content (AvgIpc) is 2.51. The van der Waals surface area contributed by atoms with Gasteiger partial charge < -0.3 is 10.1 Å². The molecule has 0 unspecified atom stereocenters. The van der Waals surface area contributed by atoms with E-state index in [9.17, 15) is 4.79 Å². The summed E-state index contributed by atoms with van der Waals surface area (Å²) < 4.78 is 6.35. The summed E-state index contributed by atoms with van der Waals surface area (Å²) >= 11 is 19.5. The predicted octanol–water partition coefficient (Wildman–Crippen LogP) is 5.35. The predicted molar refractivity (Wildman–Crippen MR) is 115 cm³/mol. The van der Waals surface area contributed by atoms with Crippen molar-refractivity contribution in [2.24, 2.45) is 0 Å². The molecule has 1 amide bonds. The van der Waals surface area contributed by atoms with E-state index in [1.54, 1.807) is 0 Å². The van der Waals surface area contributed by atoms with Gasteiger partial charge in [-0.15, -0.1) is 0 Å². The molecule has 25 heavy (non-hydrogen) atoms. The molecule has 0 aliphatic carbocycles. The smallest absolute Gasteiger partial charge is 0.261 e. The Morgan fingerprint density at radius 3 is 2.48 bits per heavy atom. The first kappa shape index (κ1) is 20.2. The summed E-state index contributed by atoms with van der Waals surface area (Å²) in [5, 5.41) is 6.41. The van der Waals surface area contributed by atoms with Crippen LogP contribution in [0.15, 0.2) is 24.3 Å². The number of amides is 1. The summed E-state index contributed by atoms with van der Waals surface area (Å²) in [7, 11) is 1.43. The van der Waals surface area contributed by atoms with Gasteiger partial charge in [-0.1, -0.05) is 23.2 Å². The highest BCUT2D eigenvalue weighted by Gasteiger charge is 2.18. The number of methoxy groups -OCH3 is 1. The van der Waals surface area contributed by atoms with Crippen molar-refractivity contribution in [3.05, 3.63) is 54.6 Å². The fourth-order valence-corrected chi connectivity index (χ4v) is 3.57. The maximum atomic E-state index is 12.5. The molecule has 2 aromatic rings. The molecule has 0 atom stereocenters. The number of carbonyl (C=O) groups excluding carboxylic acids is 1. The minimum Gasteiger partial charge on any atom is -0.494 e. The van der Waals surface area contributed by atoms with Gasteiger partial charge in [0.1, 0.15) is 5.75 Å². The number of hydrogen-bond acceptors (Lipinski definition) is 3. The van der Waals surface area contributed by atoms with E-state index in [2.05, 4.69) is 33.2 Å². The first-order valence-corrected chi connectivity index (χ1v) is 9.39. The standard InChI is InChI=1S/C17H15Cl2IN2O2S/c1-8-5-14(9(2)4-13(8)20)21-17(25)22-16(23)11-6-10(18)7-12(19)15(11)24-3/h4-7H,1-3H3,(H2,21,22,23,25). The number of hydrogen-bond donors (Lipinski definition) is 2. The van der Waals surface area contributed by atoms with E-state index in [0.29, 0.717) is 5.02 Å². The van der Waals surface area contributed by atoms with Crippen molar-refractivity contribution in [3.8, 4) is 5.75 Å². The van der Waals surface area contributed by atoms with Gasteiger partial charge in [0.25, 0.3) is 5.91 Å². The molecule has 4 nitrogen and oxygen atoms in total. The molecule has 0 fully saturated rings. The largest absolute Gasteiger partial charge is 0.494 e. The van der Waals surface area contributed by atoms with Crippen molar-refractivity contribution in [2.75, 3.05) is 12.4 Å². The zero-order valence-corrected chi connectivity index (χ0v) is 18.2. The van der Waals surface area contributed by atoms with Gasteiger partial charge >= 0.3 is 0 Å². The fraction of sp³-hybridized carbons (Fsp3) is 0.176. The molecule has 0 bridgehead atoms. The van der Waals surface area contributed by atoms with Crippen LogP contribution >= 0.6 is 58.0 Å². The van der Waals surface area contributed by atoms with Crippen molar-refractivity contribution in [1.82, 2.24) is 5.32 Å². The topological polar surface area (TPSA) is 50.4 Å². The van der Waals surface area contributed by atoms with E-state index in [-0.39, 0.29) is 21.4 Å². The van der Waals surface area contributed by atoms with E-state index in [4.69, 9.17) is 40.2 Å². The van der Waals surface area contributed by atoms with Gasteiger partial charge in [0.2, 0.25) is 0 Å². The summed E-state index contributed by atoms with van der Waals surface area (Å²) in [4.78, 5) is 12.5. The molecule has 0 heterocycles. The number of rotatable bonds is 3. The third kappa shape index (κ3) is 4.97. The fourth-order valence-electron chi connectivity index (χ4n) is 2.18. The van der Waals surface area contributed by atoms with E-state index in [1.165, 1.54) is 19.2 Å². The highest BCUT2D eigenvalue weighted by atomic mass is 127. The van der Waals surface area contributed by atoms with E-state index in [1.807, 2.05) is 26.0 Å². The Morgan fingerprint density at radius 1 is 1.16 bits per heavy atom. The Labute approximate surface area is 175 Å². The van der Waals surface area contributed by atoms with Crippen LogP contribution < -0.4 is 15.4 Å². The second kappa shape index (κ2) is 8.53. The lowest BCUT2D eigenvalue weighted by Gasteiger charge is -2.15. The first-order valence-electron chi connectivity index (χ1n) is 7.15. The highest BCUT2D eigenvalue weighted by molar-refractivity contribution is 14.1. The molecular weight excluding hydrogens is 494 g/mol. The van der Waals surface area contributed by atoms with Crippen LogP contribution in [0.1, 0.15) is 21.5 Å². The molecule has 0 aliphatic heterocycles. The minimum absolute atomic E-state index is 0.173. The van der Waals surface area contributed by atoms with E-state index in [0.717, 1.165) is 20.4 Å². The van der Waals surface area contributed by atoms with Gasteiger partial charge in [-0.2, -0.15) is 0 Å². The molecule has 132 valence electrons. The molecule has 2 aromatic carbocycles. The molecule has 2 rings (SSSR count). The third-order valence-corrected chi connectivity index (χ3v) is 5.30. The summed E-state index contributed by atoms with van der Waals surface area (Å²) in [6, 6.07) is 7.01. The van der Waals surface area contributed by atoms with Gasteiger partial charge in [-0.05, 0) is 84.0 Å². The molecule has 0 radical (unpaired) electrons. The van der Waals surface area contributed by atoms with Crippen molar-refractivity contribution < 1.29 is 9.53 Å². The van der Waals surface area contributed by atoms with Crippen LogP contribution in [0.4, 0.5) is 5.69 Å². The average molecular weight is 509 g/mol. The third-order valence-electron chi connectivity index (χ3n) is 3.44. The summed E-state index contributed by atoms with van der Waals surface area (Å²) in [5.74, 6) is -0.216. The Morgan fingerprint density at radius 2 is 1.84 bits per heavy atom. The van der Waals surface area contributed by atoms with Crippen LogP contribution in [-0.2, 0) is 0 Å². The Kier molecular flexibility index (Phi) is 6.90. The Hall–Kier alpha value is -1.09. The second-order valence-electron chi connectivity index (χ2n) is 5.29. The number of ether oxygens (including phenoxy) is 1. The quantitative estimate of drug-likeness (QED) is 0.433. The number of halogens is 3. The van der Waals surface area contributed by atoms with E-state index < -0.39 is 5.91 Å². The van der Waals surface area contributed by atoms with Crippen LogP contribution in [0.3, 0.4) is 0 Å². The maximum Gasteiger partial charge on any atom is 0.261 e. The highest BCUT2D eigenvalue weighted by Crippen LogP contribution is 2.32. The number of nitrogens with one attached hydrogen (secondary N) is 2. The SMILES string of the molecule is COc1c(Cl)cc(Cl)cc1C(=O)NC(=S)Nc1cc(C)c(I)cc1C. The number of carbonyl (C=O) groups is 1. The number of anilines is 1. The first-order chi connectivity index (χ1) is 11.7. The monoisotopic (exact) mass is 508 g/mol. The molecule has 2 N–H and O–H groups in total. The van der Waals surface area contributed by atoms with Gasteiger partial charge in [0, 0.05) is 14.3 Å². The van der Waals surface area contributed by atoms with Crippen LogP contribution in [0.2, 0.25) is 10.0 Å². The van der Waals surface area contributed by atoms with Crippen molar-refractivity contribution in [1.29, 1.82) is 0 Å². The minimum atomic E-state index is -0.460. The molecule has 0 saturated heterocycles. The lowest BCUT2D eigenvalue weighted by Crippen LogP contribution is -2.34. The van der Waals surface area contributed by atoms with Crippen LogP contribution in [0.5, 0.6) is 5.75 Å². The lowest BCUT2D eigenvalue weighted by molar-refractivity contribution is 0.0975.